The summed E-state index contributed by atoms with van der Waals surface area (Å²) in [7, 11) is 0. The molecule has 0 N–H and O–H groups in total. The van der Waals surface area contributed by atoms with Crippen LogP contribution in [0.15, 0.2) is 0 Å². The molecule has 1 rings (SSSR count). The van der Waals surface area contributed by atoms with Crippen molar-refractivity contribution in [3.8, 4) is 0 Å². The summed E-state index contributed by atoms with van der Waals surface area (Å²) in [5, 5.41) is 0. The molecule has 0 aromatic carbocycles. The zero-order chi connectivity index (χ0) is 26.8. The molecule has 0 aromatic rings. The van der Waals surface area contributed by atoms with Gasteiger partial charge in [0.25, 0.3) is 0 Å². The van der Waals surface area contributed by atoms with Gasteiger partial charge < -0.3 is 18.9 Å². The fourth-order valence-corrected chi connectivity index (χ4v) is 3.77. The second-order valence-electron chi connectivity index (χ2n) is 8.32. The monoisotopic (exact) mass is 516 g/mol. The minimum absolute atomic E-state index is 0.114. The maximum absolute atomic E-state index is 12.2. The van der Waals surface area contributed by atoms with Crippen molar-refractivity contribution in [2.75, 3.05) is 105 Å². The first kappa shape index (κ1) is 31.7. The number of ether oxygens (including phenoxy) is 4. The zero-order valence-corrected chi connectivity index (χ0v) is 22.4. The largest absolute Gasteiger partial charge is 0.465 e. The first-order valence-corrected chi connectivity index (χ1v) is 12.8. The topological polar surface area (TPSA) is 118 Å². The van der Waals surface area contributed by atoms with E-state index in [1.54, 1.807) is 27.7 Å². The molecule has 0 radical (unpaired) electrons. The maximum atomic E-state index is 12.2. The molecule has 12 heteroatoms. The third kappa shape index (κ3) is 14.3. The third-order valence-corrected chi connectivity index (χ3v) is 5.56. The Morgan fingerprint density at radius 1 is 0.417 bits per heavy atom. The van der Waals surface area contributed by atoms with Gasteiger partial charge >= 0.3 is 23.9 Å². The molecule has 208 valence electrons. The van der Waals surface area contributed by atoms with E-state index in [0.29, 0.717) is 78.8 Å². The van der Waals surface area contributed by atoms with Crippen molar-refractivity contribution >= 4 is 23.9 Å². The number of rotatable bonds is 12. The Balaban J connectivity index is 3.03. The summed E-state index contributed by atoms with van der Waals surface area (Å²) >= 11 is 0. The van der Waals surface area contributed by atoms with Gasteiger partial charge in [-0.25, -0.2) is 0 Å². The maximum Gasteiger partial charge on any atom is 0.320 e. The number of esters is 4. The summed E-state index contributed by atoms with van der Waals surface area (Å²) in [6, 6.07) is 0. The van der Waals surface area contributed by atoms with Crippen molar-refractivity contribution in [2.45, 2.75) is 27.7 Å². The van der Waals surface area contributed by atoms with Crippen molar-refractivity contribution in [1.29, 1.82) is 0 Å². The molecule has 0 amide bonds. The highest BCUT2D eigenvalue weighted by Gasteiger charge is 2.22. The van der Waals surface area contributed by atoms with Crippen molar-refractivity contribution in [3.05, 3.63) is 0 Å². The molecule has 0 saturated carbocycles. The average molecular weight is 517 g/mol. The van der Waals surface area contributed by atoms with Gasteiger partial charge in [0.15, 0.2) is 0 Å². The average Bonchev–Trinajstić information content (AvgIpc) is 2.81. The molecule has 0 aliphatic carbocycles. The van der Waals surface area contributed by atoms with E-state index in [2.05, 4.69) is 0 Å². The Kier molecular flexibility index (Phi) is 16.7. The van der Waals surface area contributed by atoms with E-state index < -0.39 is 0 Å². The van der Waals surface area contributed by atoms with E-state index in [1.807, 2.05) is 19.6 Å². The summed E-state index contributed by atoms with van der Waals surface area (Å²) in [4.78, 5) is 56.6. The van der Waals surface area contributed by atoms with Crippen molar-refractivity contribution in [2.24, 2.45) is 0 Å². The second-order valence-corrected chi connectivity index (χ2v) is 8.32. The normalized spacial score (nSPS) is 17.4. The van der Waals surface area contributed by atoms with E-state index in [9.17, 15) is 19.2 Å². The molecular formula is C24H44N4O8. The lowest BCUT2D eigenvalue weighted by molar-refractivity contribution is -0.147. The quantitative estimate of drug-likeness (QED) is 0.245. The van der Waals surface area contributed by atoms with E-state index in [-0.39, 0.29) is 50.1 Å². The molecule has 0 bridgehead atoms. The molecule has 0 atom stereocenters. The van der Waals surface area contributed by atoms with Crippen LogP contribution in [0.1, 0.15) is 27.7 Å². The lowest BCUT2D eigenvalue weighted by atomic mass is 10.3. The van der Waals surface area contributed by atoms with Crippen LogP contribution in [0.5, 0.6) is 0 Å². The minimum Gasteiger partial charge on any atom is -0.465 e. The highest BCUT2D eigenvalue weighted by molar-refractivity contribution is 5.73. The third-order valence-electron chi connectivity index (χ3n) is 5.56. The van der Waals surface area contributed by atoms with Gasteiger partial charge in [-0.15, -0.1) is 0 Å². The highest BCUT2D eigenvalue weighted by atomic mass is 16.5. The molecule has 1 aliphatic rings. The van der Waals surface area contributed by atoms with E-state index in [1.165, 1.54) is 0 Å². The number of hydrogen-bond donors (Lipinski definition) is 0. The Morgan fingerprint density at radius 3 is 0.722 bits per heavy atom. The fraction of sp³-hybridized carbons (Fsp3) is 0.833. The van der Waals surface area contributed by atoms with Gasteiger partial charge in [-0.3, -0.25) is 38.8 Å². The van der Waals surface area contributed by atoms with Crippen LogP contribution in [-0.2, 0) is 38.1 Å². The smallest absolute Gasteiger partial charge is 0.320 e. The molecular weight excluding hydrogens is 472 g/mol. The lowest BCUT2D eigenvalue weighted by Crippen LogP contribution is -2.49. The van der Waals surface area contributed by atoms with Crippen LogP contribution < -0.4 is 0 Å². The Bertz CT molecular complexity index is 551. The summed E-state index contributed by atoms with van der Waals surface area (Å²) in [6.45, 7) is 12.8. The summed E-state index contributed by atoms with van der Waals surface area (Å²) in [5.74, 6) is -1.28. The fourth-order valence-electron chi connectivity index (χ4n) is 3.77. The molecule has 1 saturated heterocycles. The first-order valence-electron chi connectivity index (χ1n) is 12.8. The van der Waals surface area contributed by atoms with Crippen LogP contribution in [0, 0.1) is 0 Å². The van der Waals surface area contributed by atoms with Gasteiger partial charge in [0.1, 0.15) is 0 Å². The summed E-state index contributed by atoms with van der Waals surface area (Å²) in [5.41, 5.74) is 0. The van der Waals surface area contributed by atoms with Crippen LogP contribution in [-0.4, -0.2) is 148 Å². The lowest BCUT2D eigenvalue weighted by Gasteiger charge is -2.33. The molecule has 0 aromatic heterocycles. The van der Waals surface area contributed by atoms with Gasteiger partial charge in [-0.2, -0.15) is 0 Å². The van der Waals surface area contributed by atoms with E-state index in [4.69, 9.17) is 18.9 Å². The Morgan fingerprint density at radius 2 is 0.583 bits per heavy atom. The second kappa shape index (κ2) is 18.9. The molecule has 12 nitrogen and oxygen atoms in total. The van der Waals surface area contributed by atoms with Crippen LogP contribution in [0.2, 0.25) is 0 Å². The van der Waals surface area contributed by atoms with Crippen molar-refractivity contribution in [3.63, 3.8) is 0 Å². The number of nitrogens with zero attached hydrogens (tertiary/aromatic N) is 4. The van der Waals surface area contributed by atoms with Crippen molar-refractivity contribution in [1.82, 2.24) is 19.6 Å². The van der Waals surface area contributed by atoms with E-state index >= 15 is 0 Å². The van der Waals surface area contributed by atoms with Gasteiger partial charge in [-0.1, -0.05) is 0 Å². The highest BCUT2D eigenvalue weighted by Crippen LogP contribution is 2.03. The molecule has 0 spiro atoms. The molecule has 36 heavy (non-hydrogen) atoms. The number of hydrogen-bond acceptors (Lipinski definition) is 12. The predicted molar refractivity (Wildman–Crippen MR) is 132 cm³/mol. The van der Waals surface area contributed by atoms with Crippen LogP contribution in [0.3, 0.4) is 0 Å². The molecule has 1 fully saturated rings. The number of carbonyl (C=O) groups excluding carboxylic acids is 4. The standard InChI is InChI=1S/C24H44N4O8/c1-5-33-21(29)17-25-9-11-26(18-22(30)34-6-2)13-15-28(20-24(32)36-8-4)16-14-27(12-10-25)19-23(31)35-7-3/h5-20H2,1-4H3. The van der Waals surface area contributed by atoms with Gasteiger partial charge in [-0.05, 0) is 27.7 Å². The van der Waals surface area contributed by atoms with Gasteiger partial charge in [0, 0.05) is 52.4 Å². The molecule has 0 unspecified atom stereocenters. The summed E-state index contributed by atoms with van der Waals surface area (Å²) < 4.78 is 20.5. The Hall–Kier alpha value is -2.28. The van der Waals surface area contributed by atoms with Gasteiger partial charge in [0.05, 0.1) is 52.6 Å². The SMILES string of the molecule is CCOC(=O)CN1CCN(CC(=O)OCC)CCN(CC(=O)OCC)CCN(CC(=O)OCC)CC1. The summed E-state index contributed by atoms with van der Waals surface area (Å²) in [6.07, 6.45) is 0. The minimum atomic E-state index is -0.320. The Labute approximate surface area is 214 Å². The zero-order valence-electron chi connectivity index (χ0n) is 22.4. The van der Waals surface area contributed by atoms with E-state index in [0.717, 1.165) is 0 Å². The van der Waals surface area contributed by atoms with Crippen LogP contribution in [0.4, 0.5) is 0 Å². The number of carbonyl (C=O) groups is 4. The molecule has 1 aliphatic heterocycles. The van der Waals surface area contributed by atoms with Crippen molar-refractivity contribution < 1.29 is 38.1 Å². The van der Waals surface area contributed by atoms with Crippen LogP contribution in [0.25, 0.3) is 0 Å². The first-order chi connectivity index (χ1) is 17.3. The van der Waals surface area contributed by atoms with Crippen LogP contribution >= 0.6 is 0 Å². The predicted octanol–water partition coefficient (Wildman–Crippen LogP) is -0.540. The molecule has 1 heterocycles. The van der Waals surface area contributed by atoms with Gasteiger partial charge in [0.2, 0.25) is 0 Å².